The Morgan fingerprint density at radius 2 is 1.86 bits per heavy atom. The van der Waals surface area contributed by atoms with Crippen LogP contribution < -0.4 is 20.3 Å². The molecule has 0 unspecified atom stereocenters. The van der Waals surface area contributed by atoms with Gasteiger partial charge in [-0.3, -0.25) is 14.5 Å². The molecule has 4 heterocycles. The van der Waals surface area contributed by atoms with Crippen LogP contribution in [0.5, 0.6) is 11.5 Å². The van der Waals surface area contributed by atoms with Gasteiger partial charge in [-0.15, -0.1) is 0 Å². The van der Waals surface area contributed by atoms with Gasteiger partial charge in [-0.05, 0) is 12.1 Å². The molecule has 0 aliphatic carbocycles. The Balaban J connectivity index is 1.41. The maximum Gasteiger partial charge on any atom is 0.267 e. The van der Waals surface area contributed by atoms with Gasteiger partial charge in [0.05, 0.1) is 34.7 Å². The van der Waals surface area contributed by atoms with Crippen molar-refractivity contribution in [1.29, 1.82) is 0 Å². The topological polar surface area (TPSA) is 107 Å². The van der Waals surface area contributed by atoms with Crippen molar-refractivity contribution in [3.8, 4) is 17.2 Å². The van der Waals surface area contributed by atoms with Gasteiger partial charge in [0.2, 0.25) is 5.95 Å². The zero-order chi connectivity index (χ0) is 24.1. The number of hydrogen-bond acceptors (Lipinski definition) is 7. The monoisotopic (exact) mass is 480 g/mol. The first kappa shape index (κ1) is 21.0. The standard InChI is InChI=1S/C23H15F3N6O3/c24-14-5-16(26)17(6-15(14)25)32-21-12(20-13(22(32)33)9-29-31-20)8-28-23(30-21)27-7-11-10-34-18-3-1-2-4-19(18)35-11/h1-6,8-9,11H,7,10H2,(H,29,31)(H,27,28,30)/t11-/m0/s1. The summed E-state index contributed by atoms with van der Waals surface area (Å²) in [6.07, 6.45) is 2.33. The molecular weight excluding hydrogens is 465 g/mol. The van der Waals surface area contributed by atoms with Crippen LogP contribution in [0.15, 0.2) is 53.6 Å². The van der Waals surface area contributed by atoms with Gasteiger partial charge >= 0.3 is 0 Å². The number of aromatic amines is 1. The summed E-state index contributed by atoms with van der Waals surface area (Å²) in [6, 6.07) is 8.25. The molecule has 0 fully saturated rings. The first-order chi connectivity index (χ1) is 17.0. The van der Waals surface area contributed by atoms with Crippen LogP contribution in [-0.4, -0.2) is 44.0 Å². The van der Waals surface area contributed by atoms with E-state index in [1.54, 1.807) is 12.1 Å². The number of halogens is 3. The smallest absolute Gasteiger partial charge is 0.267 e. The molecule has 5 aromatic rings. The maximum absolute atomic E-state index is 14.7. The van der Waals surface area contributed by atoms with E-state index in [0.29, 0.717) is 34.5 Å². The van der Waals surface area contributed by atoms with E-state index in [1.165, 1.54) is 12.4 Å². The quantitative estimate of drug-likeness (QED) is 0.380. The third kappa shape index (κ3) is 3.50. The van der Waals surface area contributed by atoms with Crippen molar-refractivity contribution in [2.24, 2.45) is 0 Å². The molecule has 0 saturated carbocycles. The van der Waals surface area contributed by atoms with Crippen LogP contribution in [0.2, 0.25) is 0 Å². The number of nitrogens with zero attached hydrogens (tertiary/aromatic N) is 4. The number of para-hydroxylation sites is 2. The highest BCUT2D eigenvalue weighted by Crippen LogP contribution is 2.31. The molecule has 6 rings (SSSR count). The van der Waals surface area contributed by atoms with Crippen LogP contribution in [0.25, 0.3) is 27.6 Å². The second kappa shape index (κ2) is 8.01. The number of H-pyrrole nitrogens is 1. The van der Waals surface area contributed by atoms with Crippen LogP contribution in [0.3, 0.4) is 0 Å². The number of benzene rings is 2. The molecule has 35 heavy (non-hydrogen) atoms. The van der Waals surface area contributed by atoms with Gasteiger partial charge < -0.3 is 14.8 Å². The highest BCUT2D eigenvalue weighted by molar-refractivity contribution is 6.02. The lowest BCUT2D eigenvalue weighted by Gasteiger charge is -2.26. The summed E-state index contributed by atoms with van der Waals surface area (Å²) in [7, 11) is 0. The number of anilines is 1. The SMILES string of the molecule is O=c1c2cn[nH]c2c2cnc(NC[C@H]3COc4ccccc4O3)nc2n1-c1cc(F)c(F)cc1F. The Bertz CT molecular complexity index is 1670. The number of fused-ring (bicyclic) bond motifs is 4. The Morgan fingerprint density at radius 1 is 1.06 bits per heavy atom. The maximum atomic E-state index is 14.7. The summed E-state index contributed by atoms with van der Waals surface area (Å²) in [5.41, 5.74) is -0.902. The molecule has 0 bridgehead atoms. The Hall–Kier alpha value is -4.61. The van der Waals surface area contributed by atoms with E-state index < -0.39 is 28.7 Å². The molecule has 0 spiro atoms. The van der Waals surface area contributed by atoms with E-state index >= 15 is 0 Å². The minimum absolute atomic E-state index is 0.0275. The fourth-order valence-corrected chi connectivity index (χ4v) is 3.95. The van der Waals surface area contributed by atoms with Crippen LogP contribution in [0, 0.1) is 17.5 Å². The highest BCUT2D eigenvalue weighted by atomic mass is 19.2. The first-order valence-electron chi connectivity index (χ1n) is 10.5. The molecule has 1 atom stereocenters. The number of rotatable bonds is 4. The lowest BCUT2D eigenvalue weighted by molar-refractivity contribution is 0.0996. The number of nitrogens with one attached hydrogen (secondary N) is 2. The van der Waals surface area contributed by atoms with E-state index in [2.05, 4.69) is 25.5 Å². The van der Waals surface area contributed by atoms with E-state index in [1.807, 2.05) is 12.1 Å². The number of hydrogen-bond donors (Lipinski definition) is 2. The Labute approximate surface area is 194 Å². The number of aromatic nitrogens is 5. The van der Waals surface area contributed by atoms with E-state index in [-0.39, 0.29) is 36.2 Å². The molecular formula is C23H15F3N6O3. The summed E-state index contributed by atoms with van der Waals surface area (Å²) in [4.78, 5) is 21.8. The fourth-order valence-electron chi connectivity index (χ4n) is 3.95. The molecule has 2 N–H and O–H groups in total. The predicted molar refractivity (Wildman–Crippen MR) is 120 cm³/mol. The summed E-state index contributed by atoms with van der Waals surface area (Å²) in [5, 5.41) is 10.0. The summed E-state index contributed by atoms with van der Waals surface area (Å²) >= 11 is 0. The van der Waals surface area contributed by atoms with Gasteiger partial charge in [0.15, 0.2) is 28.8 Å². The fraction of sp³-hybridized carbons (Fsp3) is 0.130. The van der Waals surface area contributed by atoms with Gasteiger partial charge in [0.25, 0.3) is 5.56 Å². The van der Waals surface area contributed by atoms with E-state index in [9.17, 15) is 18.0 Å². The van der Waals surface area contributed by atoms with Gasteiger partial charge in [-0.1, -0.05) is 12.1 Å². The molecule has 12 heteroatoms. The van der Waals surface area contributed by atoms with Crippen LogP contribution in [0.4, 0.5) is 19.1 Å². The van der Waals surface area contributed by atoms with Crippen LogP contribution in [0.1, 0.15) is 0 Å². The van der Waals surface area contributed by atoms with Gasteiger partial charge in [-0.2, -0.15) is 10.1 Å². The minimum atomic E-state index is -1.37. The van der Waals surface area contributed by atoms with Gasteiger partial charge in [0, 0.05) is 18.3 Å². The van der Waals surface area contributed by atoms with Crippen molar-refractivity contribution < 1.29 is 22.6 Å². The molecule has 3 aromatic heterocycles. The largest absolute Gasteiger partial charge is 0.486 e. The lowest BCUT2D eigenvalue weighted by Crippen LogP contribution is -2.35. The molecule has 0 amide bonds. The molecule has 0 saturated heterocycles. The first-order valence-corrected chi connectivity index (χ1v) is 10.5. The highest BCUT2D eigenvalue weighted by Gasteiger charge is 2.22. The van der Waals surface area contributed by atoms with Crippen molar-refractivity contribution in [2.45, 2.75) is 6.10 Å². The average Bonchev–Trinajstić information content (AvgIpc) is 3.36. The van der Waals surface area contributed by atoms with Crippen molar-refractivity contribution in [2.75, 3.05) is 18.5 Å². The molecule has 1 aliphatic heterocycles. The normalized spacial score (nSPS) is 15.0. The third-order valence-electron chi connectivity index (χ3n) is 5.61. The van der Waals surface area contributed by atoms with E-state index in [0.717, 1.165) is 4.57 Å². The average molecular weight is 480 g/mol. The lowest BCUT2D eigenvalue weighted by atomic mass is 10.2. The van der Waals surface area contributed by atoms with Gasteiger partial charge in [0.1, 0.15) is 18.5 Å². The Kier molecular flexibility index (Phi) is 4.80. The van der Waals surface area contributed by atoms with Crippen molar-refractivity contribution in [3.63, 3.8) is 0 Å². The minimum Gasteiger partial charge on any atom is -0.486 e. The zero-order valence-corrected chi connectivity index (χ0v) is 17.8. The second-order valence-electron chi connectivity index (χ2n) is 7.83. The number of ether oxygens (including phenoxy) is 2. The second-order valence-corrected chi connectivity index (χ2v) is 7.83. The zero-order valence-electron chi connectivity index (χ0n) is 17.8. The van der Waals surface area contributed by atoms with Gasteiger partial charge in [-0.25, -0.2) is 18.2 Å². The Morgan fingerprint density at radius 3 is 2.71 bits per heavy atom. The van der Waals surface area contributed by atoms with Crippen molar-refractivity contribution >= 4 is 27.9 Å². The van der Waals surface area contributed by atoms with Crippen molar-refractivity contribution in [1.82, 2.24) is 24.7 Å². The van der Waals surface area contributed by atoms with Crippen LogP contribution >= 0.6 is 0 Å². The summed E-state index contributed by atoms with van der Waals surface area (Å²) in [6.45, 7) is 0.549. The van der Waals surface area contributed by atoms with E-state index in [4.69, 9.17) is 9.47 Å². The van der Waals surface area contributed by atoms with Crippen molar-refractivity contribution in [3.05, 3.63) is 76.6 Å². The third-order valence-corrected chi connectivity index (χ3v) is 5.61. The molecule has 1 aliphatic rings. The summed E-state index contributed by atoms with van der Waals surface area (Å²) in [5.74, 6) is -2.46. The predicted octanol–water partition coefficient (Wildman–Crippen LogP) is 3.33. The summed E-state index contributed by atoms with van der Waals surface area (Å²) < 4.78 is 54.7. The molecule has 0 radical (unpaired) electrons. The molecule has 9 nitrogen and oxygen atoms in total. The molecule has 176 valence electrons. The molecule has 2 aromatic carbocycles. The van der Waals surface area contributed by atoms with Crippen LogP contribution in [-0.2, 0) is 0 Å². The number of pyridine rings is 1.